The summed E-state index contributed by atoms with van der Waals surface area (Å²) in [6.07, 6.45) is 0. The number of rotatable bonds is 5. The van der Waals surface area contributed by atoms with Crippen molar-refractivity contribution < 1.29 is 19.1 Å². The van der Waals surface area contributed by atoms with E-state index in [1.54, 1.807) is 39.3 Å². The highest BCUT2D eigenvalue weighted by Gasteiger charge is 2.43. The van der Waals surface area contributed by atoms with Crippen LogP contribution in [0.3, 0.4) is 0 Å². The number of hydrogen-bond donors (Lipinski definition) is 0. The van der Waals surface area contributed by atoms with Gasteiger partial charge in [-0.25, -0.2) is 4.79 Å². The quantitative estimate of drug-likeness (QED) is 0.773. The first-order valence-corrected chi connectivity index (χ1v) is 8.38. The van der Waals surface area contributed by atoms with Gasteiger partial charge in [0.05, 0.1) is 20.8 Å². The fourth-order valence-corrected chi connectivity index (χ4v) is 3.09. The summed E-state index contributed by atoms with van der Waals surface area (Å²) < 4.78 is 10.6. The number of nitrogens with zero attached hydrogens (tertiary/aromatic N) is 2. The van der Waals surface area contributed by atoms with Gasteiger partial charge in [-0.3, -0.25) is 14.6 Å². The van der Waals surface area contributed by atoms with Crippen LogP contribution in [0.5, 0.6) is 11.5 Å². The Morgan fingerprint density at radius 1 is 1.00 bits per heavy atom. The lowest BCUT2D eigenvalue weighted by atomic mass is 10.1. The molecule has 1 saturated heterocycles. The van der Waals surface area contributed by atoms with Crippen LogP contribution >= 0.6 is 0 Å². The van der Waals surface area contributed by atoms with Crippen molar-refractivity contribution in [2.24, 2.45) is 0 Å². The molecule has 136 valence electrons. The maximum absolute atomic E-state index is 12.9. The molecule has 0 radical (unpaired) electrons. The van der Waals surface area contributed by atoms with Crippen LogP contribution in [0, 0.1) is 6.92 Å². The minimum Gasteiger partial charge on any atom is -0.497 e. The molecule has 1 atom stereocenters. The van der Waals surface area contributed by atoms with E-state index in [0.29, 0.717) is 22.7 Å². The predicted molar refractivity (Wildman–Crippen MR) is 98.6 cm³/mol. The van der Waals surface area contributed by atoms with Crippen LogP contribution in [0.25, 0.3) is 0 Å². The summed E-state index contributed by atoms with van der Waals surface area (Å²) in [7, 11) is 3.12. The smallest absolute Gasteiger partial charge is 0.332 e. The van der Waals surface area contributed by atoms with Crippen molar-refractivity contribution in [2.45, 2.75) is 26.4 Å². The standard InChI is InChI=1S/C20H22N2O4/c1-13-5-7-16(8-6-13)22-14(2)19(23)21(20(22)24)12-15-11-17(25-3)9-10-18(15)26-4/h5-11,14H,12H2,1-4H3/t14-/m0/s1. The van der Waals surface area contributed by atoms with Crippen LogP contribution in [0.4, 0.5) is 10.5 Å². The van der Waals surface area contributed by atoms with Gasteiger partial charge in [-0.05, 0) is 44.2 Å². The molecule has 0 unspecified atom stereocenters. The van der Waals surface area contributed by atoms with Crippen LogP contribution in [0.2, 0.25) is 0 Å². The van der Waals surface area contributed by atoms with Crippen LogP contribution in [0.15, 0.2) is 42.5 Å². The summed E-state index contributed by atoms with van der Waals surface area (Å²) in [6, 6.07) is 12.0. The van der Waals surface area contributed by atoms with Crippen LogP contribution in [-0.2, 0) is 11.3 Å². The van der Waals surface area contributed by atoms with Crippen molar-refractivity contribution >= 4 is 17.6 Å². The number of carbonyl (C=O) groups is 2. The number of methoxy groups -OCH3 is 2. The van der Waals surface area contributed by atoms with Crippen molar-refractivity contribution in [3.8, 4) is 11.5 Å². The molecule has 2 aromatic rings. The molecule has 0 spiro atoms. The van der Waals surface area contributed by atoms with E-state index >= 15 is 0 Å². The number of aryl methyl sites for hydroxylation is 1. The number of benzene rings is 2. The van der Waals surface area contributed by atoms with E-state index in [1.165, 1.54) is 9.80 Å². The molecule has 0 bridgehead atoms. The molecule has 1 aliphatic rings. The van der Waals surface area contributed by atoms with E-state index in [0.717, 1.165) is 5.56 Å². The molecular formula is C20H22N2O4. The Morgan fingerprint density at radius 3 is 2.31 bits per heavy atom. The molecule has 3 rings (SSSR count). The summed E-state index contributed by atoms with van der Waals surface area (Å²) in [6.45, 7) is 3.85. The molecule has 0 saturated carbocycles. The van der Waals surface area contributed by atoms with Crippen LogP contribution < -0.4 is 14.4 Å². The third-order valence-electron chi connectivity index (χ3n) is 4.58. The van der Waals surface area contributed by atoms with E-state index in [-0.39, 0.29) is 18.5 Å². The van der Waals surface area contributed by atoms with Gasteiger partial charge in [0, 0.05) is 11.3 Å². The number of carbonyl (C=O) groups excluding carboxylic acids is 2. The zero-order valence-electron chi connectivity index (χ0n) is 15.4. The Bertz CT molecular complexity index is 832. The highest BCUT2D eigenvalue weighted by Crippen LogP contribution is 2.30. The number of amides is 3. The predicted octanol–water partition coefficient (Wildman–Crippen LogP) is 3.37. The monoisotopic (exact) mass is 354 g/mol. The number of urea groups is 1. The second-order valence-corrected chi connectivity index (χ2v) is 6.27. The molecule has 1 fully saturated rings. The first-order chi connectivity index (χ1) is 12.5. The summed E-state index contributed by atoms with van der Waals surface area (Å²) in [5.41, 5.74) is 2.52. The molecular weight excluding hydrogens is 332 g/mol. The highest BCUT2D eigenvalue weighted by molar-refractivity contribution is 6.14. The lowest BCUT2D eigenvalue weighted by Crippen LogP contribution is -2.33. The SMILES string of the molecule is COc1ccc(OC)c(CN2C(=O)[C@H](C)N(c3ccc(C)cc3)C2=O)c1. The lowest BCUT2D eigenvalue weighted by molar-refractivity contribution is -0.127. The minimum absolute atomic E-state index is 0.130. The lowest BCUT2D eigenvalue weighted by Gasteiger charge is -2.20. The van der Waals surface area contributed by atoms with E-state index < -0.39 is 6.04 Å². The number of hydrogen-bond acceptors (Lipinski definition) is 4. The van der Waals surface area contributed by atoms with E-state index in [9.17, 15) is 9.59 Å². The van der Waals surface area contributed by atoms with Crippen molar-refractivity contribution in [2.75, 3.05) is 19.1 Å². The zero-order chi connectivity index (χ0) is 18.8. The first kappa shape index (κ1) is 17.8. The second kappa shape index (κ2) is 7.07. The van der Waals surface area contributed by atoms with Gasteiger partial charge in [0.1, 0.15) is 17.5 Å². The van der Waals surface area contributed by atoms with E-state index in [2.05, 4.69) is 0 Å². The number of ether oxygens (including phenoxy) is 2. The van der Waals surface area contributed by atoms with Crippen LogP contribution in [0.1, 0.15) is 18.1 Å². The van der Waals surface area contributed by atoms with Crippen LogP contribution in [-0.4, -0.2) is 37.1 Å². The average molecular weight is 354 g/mol. The topological polar surface area (TPSA) is 59.1 Å². The third kappa shape index (κ3) is 3.10. The normalized spacial score (nSPS) is 17.0. The molecule has 6 nitrogen and oxygen atoms in total. The summed E-state index contributed by atoms with van der Waals surface area (Å²) in [5, 5.41) is 0. The molecule has 0 aliphatic carbocycles. The average Bonchev–Trinajstić information content (AvgIpc) is 2.86. The molecule has 3 amide bonds. The van der Waals surface area contributed by atoms with Gasteiger partial charge in [0.2, 0.25) is 0 Å². The Labute approximate surface area is 152 Å². The molecule has 0 N–H and O–H groups in total. The Hall–Kier alpha value is -3.02. The largest absolute Gasteiger partial charge is 0.497 e. The minimum atomic E-state index is -0.554. The maximum Gasteiger partial charge on any atom is 0.332 e. The maximum atomic E-state index is 12.9. The van der Waals surface area contributed by atoms with Crippen molar-refractivity contribution in [3.63, 3.8) is 0 Å². The van der Waals surface area contributed by atoms with Gasteiger partial charge in [-0.1, -0.05) is 17.7 Å². The summed E-state index contributed by atoms with van der Waals surface area (Å²) in [4.78, 5) is 28.4. The van der Waals surface area contributed by atoms with Crippen molar-refractivity contribution in [3.05, 3.63) is 53.6 Å². The van der Waals surface area contributed by atoms with Crippen molar-refractivity contribution in [1.29, 1.82) is 0 Å². The fraction of sp³-hybridized carbons (Fsp3) is 0.300. The van der Waals surface area contributed by atoms with E-state index in [4.69, 9.17) is 9.47 Å². The Kier molecular flexibility index (Phi) is 4.84. The zero-order valence-corrected chi connectivity index (χ0v) is 15.4. The molecule has 1 aliphatic heterocycles. The molecule has 6 heteroatoms. The molecule has 0 aromatic heterocycles. The van der Waals surface area contributed by atoms with Crippen molar-refractivity contribution in [1.82, 2.24) is 4.90 Å². The van der Waals surface area contributed by atoms with Gasteiger partial charge in [-0.2, -0.15) is 0 Å². The van der Waals surface area contributed by atoms with Gasteiger partial charge in [-0.15, -0.1) is 0 Å². The Morgan fingerprint density at radius 2 is 1.69 bits per heavy atom. The first-order valence-electron chi connectivity index (χ1n) is 8.38. The molecule has 26 heavy (non-hydrogen) atoms. The van der Waals surface area contributed by atoms with Gasteiger partial charge in [0.15, 0.2) is 0 Å². The van der Waals surface area contributed by atoms with Gasteiger partial charge < -0.3 is 9.47 Å². The van der Waals surface area contributed by atoms with Gasteiger partial charge in [0.25, 0.3) is 5.91 Å². The Balaban J connectivity index is 1.91. The molecule has 2 aromatic carbocycles. The highest BCUT2D eigenvalue weighted by atomic mass is 16.5. The van der Waals surface area contributed by atoms with Gasteiger partial charge >= 0.3 is 6.03 Å². The fourth-order valence-electron chi connectivity index (χ4n) is 3.09. The second-order valence-electron chi connectivity index (χ2n) is 6.27. The number of anilines is 1. The number of imide groups is 1. The summed E-state index contributed by atoms with van der Waals surface area (Å²) >= 11 is 0. The molecule has 1 heterocycles. The third-order valence-corrected chi connectivity index (χ3v) is 4.58. The van der Waals surface area contributed by atoms with E-state index in [1.807, 2.05) is 31.2 Å². The summed E-state index contributed by atoms with van der Waals surface area (Å²) in [5.74, 6) is 1.01.